The zero-order valence-corrected chi connectivity index (χ0v) is 15.4. The molecule has 0 N–H and O–H groups in total. The summed E-state index contributed by atoms with van der Waals surface area (Å²) in [5.74, 6) is 0.452. The summed E-state index contributed by atoms with van der Waals surface area (Å²) in [7, 11) is 0. The van der Waals surface area contributed by atoms with E-state index in [9.17, 15) is 0 Å². The van der Waals surface area contributed by atoms with Crippen molar-refractivity contribution in [1.29, 1.82) is 0 Å². The summed E-state index contributed by atoms with van der Waals surface area (Å²) in [6.45, 7) is 3.88. The molecule has 1 atom stereocenters. The van der Waals surface area contributed by atoms with E-state index >= 15 is 0 Å². The van der Waals surface area contributed by atoms with Crippen LogP contribution in [0.4, 0.5) is 0 Å². The lowest BCUT2D eigenvalue weighted by Crippen LogP contribution is -2.20. The number of benzene rings is 3. The summed E-state index contributed by atoms with van der Waals surface area (Å²) < 4.78 is 0. The van der Waals surface area contributed by atoms with Gasteiger partial charge in [0.2, 0.25) is 0 Å². The Morgan fingerprint density at radius 3 is 2.19 bits per heavy atom. The average Bonchev–Trinajstić information content (AvgIpc) is 3.24. The molecule has 2 aliphatic carbocycles. The minimum Gasteiger partial charge on any atom is -0.132 e. The van der Waals surface area contributed by atoms with E-state index in [4.69, 9.17) is 0 Å². The summed E-state index contributed by atoms with van der Waals surface area (Å²) >= 11 is 0. The Hall–Kier alpha value is -3.08. The Morgan fingerprint density at radius 1 is 0.852 bits per heavy atom. The Labute approximate surface area is 161 Å². The summed E-state index contributed by atoms with van der Waals surface area (Å²) in [4.78, 5) is 0. The van der Waals surface area contributed by atoms with Crippen molar-refractivity contribution in [2.24, 2.45) is 0 Å². The number of allylic oxidation sites excluding steroid dienone is 2. The molecule has 3 aromatic rings. The first-order valence-electron chi connectivity index (χ1n) is 9.66. The molecule has 0 radical (unpaired) electrons. The van der Waals surface area contributed by atoms with Crippen molar-refractivity contribution in [2.45, 2.75) is 24.2 Å². The third-order valence-corrected chi connectivity index (χ3v) is 6.19. The fourth-order valence-corrected chi connectivity index (χ4v) is 4.95. The van der Waals surface area contributed by atoms with Crippen LogP contribution in [0, 0.1) is 0 Å². The fraction of sp³-hybridized carbons (Fsp3) is 0.148. The zero-order chi connectivity index (χ0) is 18.3. The number of fused-ring (bicyclic) bond motifs is 4. The highest BCUT2D eigenvalue weighted by molar-refractivity contribution is 5.78. The highest BCUT2D eigenvalue weighted by Crippen LogP contribution is 2.49. The van der Waals surface area contributed by atoms with Gasteiger partial charge in [-0.1, -0.05) is 91.5 Å². The third kappa shape index (κ3) is 2.46. The largest absolute Gasteiger partial charge is 0.132 e. The quantitative estimate of drug-likeness (QED) is 0.451. The molecule has 0 bridgehead atoms. The summed E-state index contributed by atoms with van der Waals surface area (Å²) in [6.07, 6.45) is 8.89. The minimum absolute atomic E-state index is 0.0924. The molecule has 0 heteroatoms. The van der Waals surface area contributed by atoms with Crippen molar-refractivity contribution in [1.82, 2.24) is 0 Å². The summed E-state index contributed by atoms with van der Waals surface area (Å²) in [5, 5.41) is 0. The van der Waals surface area contributed by atoms with Crippen molar-refractivity contribution < 1.29 is 0 Å². The van der Waals surface area contributed by atoms with Crippen LogP contribution in [0.2, 0.25) is 0 Å². The molecule has 130 valence electrons. The molecule has 0 nitrogen and oxygen atoms in total. The Kier molecular flexibility index (Phi) is 3.74. The van der Waals surface area contributed by atoms with Crippen molar-refractivity contribution in [2.75, 3.05) is 0 Å². The van der Waals surface area contributed by atoms with E-state index in [2.05, 4.69) is 103 Å². The van der Waals surface area contributed by atoms with Crippen LogP contribution in [0.3, 0.4) is 0 Å². The molecule has 0 saturated heterocycles. The van der Waals surface area contributed by atoms with Gasteiger partial charge in [-0.25, -0.2) is 0 Å². The molecule has 27 heavy (non-hydrogen) atoms. The summed E-state index contributed by atoms with van der Waals surface area (Å²) in [6, 6.07) is 26.5. The van der Waals surface area contributed by atoms with Crippen LogP contribution in [0.5, 0.6) is 0 Å². The lowest BCUT2D eigenvalue weighted by Gasteiger charge is -2.27. The van der Waals surface area contributed by atoms with Crippen molar-refractivity contribution in [3.05, 3.63) is 120 Å². The van der Waals surface area contributed by atoms with Crippen LogP contribution in [0.15, 0.2) is 97.3 Å². The molecule has 2 aliphatic rings. The van der Waals surface area contributed by atoms with Gasteiger partial charge in [0.25, 0.3) is 0 Å². The molecular formula is C27H22. The van der Waals surface area contributed by atoms with Crippen LogP contribution >= 0.6 is 0 Å². The minimum atomic E-state index is -0.0924. The smallest absolute Gasteiger partial charge is 0.0395 e. The van der Waals surface area contributed by atoms with Crippen LogP contribution in [0.1, 0.15) is 41.0 Å². The monoisotopic (exact) mass is 346 g/mol. The second-order valence-electron chi connectivity index (χ2n) is 7.58. The fourth-order valence-electron chi connectivity index (χ4n) is 4.95. The van der Waals surface area contributed by atoms with Gasteiger partial charge < -0.3 is 0 Å². The standard InChI is InChI=1S/C27H22/c1-2-17-27(18-15-20-9-3-8-14-26(20)27)19-16-25-23-12-6-4-10-21(23)22-11-5-7-13-24(22)25/h3-15,17-18,25H,1,16,19H2. The van der Waals surface area contributed by atoms with E-state index in [1.165, 1.54) is 33.4 Å². The molecule has 0 aromatic heterocycles. The normalized spacial score (nSPS) is 19.3. The van der Waals surface area contributed by atoms with Gasteiger partial charge in [-0.15, -0.1) is 5.73 Å². The topological polar surface area (TPSA) is 0 Å². The molecule has 1 unspecified atom stereocenters. The molecule has 3 aromatic carbocycles. The lowest BCUT2D eigenvalue weighted by atomic mass is 9.75. The predicted molar refractivity (Wildman–Crippen MR) is 114 cm³/mol. The van der Waals surface area contributed by atoms with Gasteiger partial charge in [0, 0.05) is 11.3 Å². The molecule has 0 amide bonds. The van der Waals surface area contributed by atoms with Gasteiger partial charge in [0.1, 0.15) is 0 Å². The van der Waals surface area contributed by atoms with Crippen LogP contribution in [-0.2, 0) is 5.41 Å². The van der Waals surface area contributed by atoms with E-state index in [0.717, 1.165) is 12.8 Å². The van der Waals surface area contributed by atoms with E-state index in [1.807, 2.05) is 0 Å². The second-order valence-corrected chi connectivity index (χ2v) is 7.58. The van der Waals surface area contributed by atoms with Gasteiger partial charge in [-0.3, -0.25) is 0 Å². The van der Waals surface area contributed by atoms with E-state index in [0.29, 0.717) is 5.92 Å². The molecule has 5 rings (SSSR count). The van der Waals surface area contributed by atoms with Gasteiger partial charge in [0.15, 0.2) is 0 Å². The lowest BCUT2D eigenvalue weighted by molar-refractivity contribution is 0.549. The van der Waals surface area contributed by atoms with Gasteiger partial charge in [-0.05, 0) is 52.3 Å². The van der Waals surface area contributed by atoms with E-state index in [1.54, 1.807) is 0 Å². The van der Waals surface area contributed by atoms with Crippen LogP contribution in [0.25, 0.3) is 17.2 Å². The van der Waals surface area contributed by atoms with Crippen molar-refractivity contribution in [3.63, 3.8) is 0 Å². The third-order valence-electron chi connectivity index (χ3n) is 6.19. The Morgan fingerprint density at radius 2 is 1.48 bits per heavy atom. The summed E-state index contributed by atoms with van der Waals surface area (Å²) in [5.41, 5.74) is 11.4. The molecule has 0 aliphatic heterocycles. The van der Waals surface area contributed by atoms with Gasteiger partial charge >= 0.3 is 0 Å². The highest BCUT2D eigenvalue weighted by Gasteiger charge is 2.35. The number of hydrogen-bond acceptors (Lipinski definition) is 0. The van der Waals surface area contributed by atoms with E-state index < -0.39 is 0 Å². The molecule has 0 fully saturated rings. The Balaban J connectivity index is 1.53. The van der Waals surface area contributed by atoms with Gasteiger partial charge in [-0.2, -0.15) is 0 Å². The molecular weight excluding hydrogens is 324 g/mol. The maximum atomic E-state index is 3.88. The highest BCUT2D eigenvalue weighted by atomic mass is 14.4. The molecule has 0 heterocycles. The first-order chi connectivity index (χ1) is 13.3. The zero-order valence-electron chi connectivity index (χ0n) is 15.4. The first-order valence-corrected chi connectivity index (χ1v) is 9.66. The first kappa shape index (κ1) is 16.1. The SMILES string of the molecule is C=C=CC1(CCC2c3ccccc3-c3ccccc32)C=Cc2ccccc21. The predicted octanol–water partition coefficient (Wildman–Crippen LogP) is 6.89. The molecule has 0 saturated carbocycles. The van der Waals surface area contributed by atoms with Crippen molar-refractivity contribution >= 4 is 6.08 Å². The number of hydrogen-bond donors (Lipinski definition) is 0. The van der Waals surface area contributed by atoms with E-state index in [-0.39, 0.29) is 5.41 Å². The van der Waals surface area contributed by atoms with Crippen LogP contribution < -0.4 is 0 Å². The van der Waals surface area contributed by atoms with Gasteiger partial charge in [0.05, 0.1) is 0 Å². The maximum absolute atomic E-state index is 3.88. The maximum Gasteiger partial charge on any atom is 0.0395 e. The second kappa shape index (κ2) is 6.27. The van der Waals surface area contributed by atoms with Crippen molar-refractivity contribution in [3.8, 4) is 11.1 Å². The average molecular weight is 346 g/mol. The number of rotatable bonds is 4. The van der Waals surface area contributed by atoms with Crippen LogP contribution in [-0.4, -0.2) is 0 Å². The molecule has 0 spiro atoms. The Bertz CT molecular complexity index is 1050.